The molecule has 0 radical (unpaired) electrons. The van der Waals surface area contributed by atoms with Crippen molar-refractivity contribution in [3.05, 3.63) is 63.6 Å². The predicted molar refractivity (Wildman–Crippen MR) is 90.3 cm³/mol. The first kappa shape index (κ1) is 16.0. The molecule has 2 aromatic carbocycles. The van der Waals surface area contributed by atoms with E-state index in [1.54, 1.807) is 0 Å². The lowest BCUT2D eigenvalue weighted by Crippen LogP contribution is -2.29. The Balaban J connectivity index is 2.31. The molecule has 0 heterocycles. The van der Waals surface area contributed by atoms with Crippen molar-refractivity contribution < 1.29 is 4.74 Å². The number of benzene rings is 2. The van der Waals surface area contributed by atoms with Crippen LogP contribution in [-0.4, -0.2) is 6.10 Å². The van der Waals surface area contributed by atoms with Crippen molar-refractivity contribution in [2.24, 2.45) is 5.84 Å². The van der Waals surface area contributed by atoms with Gasteiger partial charge in [0.15, 0.2) is 0 Å². The number of nitrogens with one attached hydrogen (secondary N) is 1. The minimum Gasteiger partial charge on any atom is -0.491 e. The monoisotopic (exact) mass is 348 g/mol. The summed E-state index contributed by atoms with van der Waals surface area (Å²) in [6.07, 6.45) is 0.171. The number of rotatable bonds is 5. The average molecular weight is 349 g/mol. The number of aryl methyl sites for hydroxylation is 1. The topological polar surface area (TPSA) is 47.3 Å². The molecule has 0 aliphatic heterocycles. The third-order valence-electron chi connectivity index (χ3n) is 3.28. The van der Waals surface area contributed by atoms with Gasteiger partial charge in [0.2, 0.25) is 0 Å². The lowest BCUT2D eigenvalue weighted by Gasteiger charge is -2.20. The van der Waals surface area contributed by atoms with Crippen LogP contribution in [0.25, 0.3) is 0 Å². The average Bonchev–Trinajstić information content (AvgIpc) is 2.45. The van der Waals surface area contributed by atoms with E-state index < -0.39 is 0 Å². The molecule has 2 aromatic rings. The lowest BCUT2D eigenvalue weighted by molar-refractivity contribution is 0.242. The van der Waals surface area contributed by atoms with Crippen molar-refractivity contribution in [2.75, 3.05) is 0 Å². The zero-order chi connectivity index (χ0) is 15.4. The number of hydrogen-bond donors (Lipinski definition) is 2. The summed E-state index contributed by atoms with van der Waals surface area (Å²) in [4.78, 5) is 0. The van der Waals surface area contributed by atoms with Crippen molar-refractivity contribution >= 4 is 15.9 Å². The van der Waals surface area contributed by atoms with Crippen LogP contribution in [-0.2, 0) is 0 Å². The molecule has 3 nitrogen and oxygen atoms in total. The van der Waals surface area contributed by atoms with Gasteiger partial charge in [0.05, 0.1) is 12.1 Å². The molecule has 0 fully saturated rings. The molecule has 0 bridgehead atoms. The van der Waals surface area contributed by atoms with Crippen molar-refractivity contribution in [3.63, 3.8) is 0 Å². The number of hydrogen-bond acceptors (Lipinski definition) is 3. The van der Waals surface area contributed by atoms with Crippen molar-refractivity contribution in [3.8, 4) is 5.75 Å². The fourth-order valence-electron chi connectivity index (χ4n) is 2.27. The molecule has 4 heteroatoms. The van der Waals surface area contributed by atoms with Crippen molar-refractivity contribution in [2.45, 2.75) is 32.9 Å². The number of nitrogens with two attached hydrogens (primary N) is 1. The van der Waals surface area contributed by atoms with Crippen LogP contribution in [0.1, 0.15) is 36.6 Å². The highest BCUT2D eigenvalue weighted by Gasteiger charge is 2.16. The third-order valence-corrected chi connectivity index (χ3v) is 4.37. The van der Waals surface area contributed by atoms with Gasteiger partial charge < -0.3 is 4.74 Å². The summed E-state index contributed by atoms with van der Waals surface area (Å²) in [5.74, 6) is 6.64. The summed E-state index contributed by atoms with van der Waals surface area (Å²) >= 11 is 3.65. The van der Waals surface area contributed by atoms with E-state index in [4.69, 9.17) is 10.6 Å². The highest BCUT2D eigenvalue weighted by atomic mass is 79.9. The van der Waals surface area contributed by atoms with Gasteiger partial charge in [-0.15, -0.1) is 0 Å². The standard InChI is InChI=1S/C17H21BrN2O/c1-11(2)21-14-9-7-13(8-10-14)17(20-19)15-6-4-5-12(3)16(15)18/h4-11,17,20H,19H2,1-3H3. The van der Waals surface area contributed by atoms with E-state index in [1.807, 2.05) is 44.2 Å². The normalized spacial score (nSPS) is 12.5. The molecular weight excluding hydrogens is 328 g/mol. The summed E-state index contributed by atoms with van der Waals surface area (Å²) in [5, 5.41) is 0. The van der Waals surface area contributed by atoms with Crippen LogP contribution in [0.5, 0.6) is 5.75 Å². The van der Waals surface area contributed by atoms with Crippen LogP contribution in [0, 0.1) is 6.92 Å². The Labute approximate surface area is 134 Å². The summed E-state index contributed by atoms with van der Waals surface area (Å²) < 4.78 is 6.75. The van der Waals surface area contributed by atoms with Crippen LogP contribution < -0.4 is 16.0 Å². The molecule has 0 amide bonds. The maximum atomic E-state index is 5.77. The first-order chi connectivity index (χ1) is 10.0. The van der Waals surface area contributed by atoms with Gasteiger partial charge in [0.1, 0.15) is 5.75 Å². The molecule has 0 saturated carbocycles. The Morgan fingerprint density at radius 1 is 1.10 bits per heavy atom. The van der Waals surface area contributed by atoms with Gasteiger partial charge in [-0.25, -0.2) is 5.43 Å². The number of halogens is 1. The van der Waals surface area contributed by atoms with Crippen molar-refractivity contribution in [1.29, 1.82) is 0 Å². The van der Waals surface area contributed by atoms with E-state index in [-0.39, 0.29) is 12.1 Å². The molecule has 3 N–H and O–H groups in total. The molecule has 0 aromatic heterocycles. The zero-order valence-electron chi connectivity index (χ0n) is 12.6. The molecule has 1 atom stereocenters. The Hall–Kier alpha value is -1.36. The molecule has 0 aliphatic carbocycles. The molecule has 21 heavy (non-hydrogen) atoms. The van der Waals surface area contributed by atoms with Gasteiger partial charge in [-0.1, -0.05) is 46.3 Å². The highest BCUT2D eigenvalue weighted by molar-refractivity contribution is 9.10. The predicted octanol–water partition coefficient (Wildman–Crippen LogP) is 4.10. The molecule has 0 spiro atoms. The second-order valence-electron chi connectivity index (χ2n) is 5.31. The quantitative estimate of drug-likeness (QED) is 0.631. The summed E-state index contributed by atoms with van der Waals surface area (Å²) in [5.41, 5.74) is 6.30. The molecule has 0 aliphatic rings. The van der Waals surface area contributed by atoms with Crippen molar-refractivity contribution in [1.82, 2.24) is 5.43 Å². The van der Waals surface area contributed by atoms with Gasteiger partial charge >= 0.3 is 0 Å². The zero-order valence-corrected chi connectivity index (χ0v) is 14.1. The molecule has 112 valence electrons. The highest BCUT2D eigenvalue weighted by Crippen LogP contribution is 2.31. The van der Waals surface area contributed by atoms with E-state index >= 15 is 0 Å². The van der Waals surface area contributed by atoms with Gasteiger partial charge in [0.25, 0.3) is 0 Å². The minimum atomic E-state index is -0.0626. The second kappa shape index (κ2) is 7.07. The van der Waals surface area contributed by atoms with Crippen LogP contribution in [0.3, 0.4) is 0 Å². The first-order valence-electron chi connectivity index (χ1n) is 7.00. The van der Waals surface area contributed by atoms with E-state index in [9.17, 15) is 0 Å². The van der Waals surface area contributed by atoms with E-state index in [0.29, 0.717) is 0 Å². The van der Waals surface area contributed by atoms with E-state index in [2.05, 4.69) is 40.4 Å². The minimum absolute atomic E-state index is 0.0626. The summed E-state index contributed by atoms with van der Waals surface area (Å²) in [7, 11) is 0. The van der Waals surface area contributed by atoms with E-state index in [0.717, 1.165) is 21.3 Å². The van der Waals surface area contributed by atoms with Crippen LogP contribution in [0.15, 0.2) is 46.9 Å². The number of ether oxygens (including phenoxy) is 1. The first-order valence-corrected chi connectivity index (χ1v) is 7.80. The Morgan fingerprint density at radius 2 is 1.76 bits per heavy atom. The maximum absolute atomic E-state index is 5.77. The van der Waals surface area contributed by atoms with Crippen LogP contribution >= 0.6 is 15.9 Å². The Morgan fingerprint density at radius 3 is 2.33 bits per heavy atom. The number of hydrazine groups is 1. The molecular formula is C17H21BrN2O. The smallest absolute Gasteiger partial charge is 0.119 e. The van der Waals surface area contributed by atoms with Gasteiger partial charge in [-0.2, -0.15) is 0 Å². The maximum Gasteiger partial charge on any atom is 0.119 e. The Kier molecular flexibility index (Phi) is 5.39. The largest absolute Gasteiger partial charge is 0.491 e. The van der Waals surface area contributed by atoms with Crippen LogP contribution in [0.4, 0.5) is 0 Å². The molecule has 2 rings (SSSR count). The van der Waals surface area contributed by atoms with Gasteiger partial charge in [-0.3, -0.25) is 5.84 Å². The van der Waals surface area contributed by atoms with Gasteiger partial charge in [0, 0.05) is 4.47 Å². The summed E-state index contributed by atoms with van der Waals surface area (Å²) in [6, 6.07) is 14.1. The van der Waals surface area contributed by atoms with Gasteiger partial charge in [-0.05, 0) is 49.6 Å². The van der Waals surface area contributed by atoms with Crippen LogP contribution in [0.2, 0.25) is 0 Å². The SMILES string of the molecule is Cc1cccc(C(NN)c2ccc(OC(C)C)cc2)c1Br. The molecule has 1 unspecified atom stereocenters. The fourth-order valence-corrected chi connectivity index (χ4v) is 2.76. The second-order valence-corrected chi connectivity index (χ2v) is 6.11. The fraction of sp³-hybridized carbons (Fsp3) is 0.294. The molecule has 0 saturated heterocycles. The van der Waals surface area contributed by atoms with E-state index in [1.165, 1.54) is 5.56 Å². The third kappa shape index (κ3) is 3.84. The summed E-state index contributed by atoms with van der Waals surface area (Å²) in [6.45, 7) is 6.10. The Bertz CT molecular complexity index is 596. The lowest BCUT2D eigenvalue weighted by atomic mass is 9.98.